The van der Waals surface area contributed by atoms with Crippen LogP contribution in [0, 0.1) is 6.92 Å². The highest BCUT2D eigenvalue weighted by Crippen LogP contribution is 2.29. The zero-order chi connectivity index (χ0) is 15.4. The molecule has 110 valence electrons. The van der Waals surface area contributed by atoms with Gasteiger partial charge in [-0.15, -0.1) is 0 Å². The SMILES string of the molecule is Cc1ccccc1C(=O)NCC(O)c1c(Cl)cccc1Cl. The lowest BCUT2D eigenvalue weighted by molar-refractivity contribution is 0.0915. The summed E-state index contributed by atoms with van der Waals surface area (Å²) in [6.07, 6.45) is -0.959. The molecule has 2 aromatic carbocycles. The van der Waals surface area contributed by atoms with Crippen molar-refractivity contribution in [2.24, 2.45) is 0 Å². The average Bonchev–Trinajstić information content (AvgIpc) is 2.45. The Balaban J connectivity index is 2.06. The molecule has 0 bridgehead atoms. The first-order chi connectivity index (χ1) is 10.0. The van der Waals surface area contributed by atoms with E-state index < -0.39 is 6.10 Å². The monoisotopic (exact) mass is 323 g/mol. The van der Waals surface area contributed by atoms with Gasteiger partial charge in [-0.1, -0.05) is 47.5 Å². The van der Waals surface area contributed by atoms with Crippen LogP contribution >= 0.6 is 23.2 Å². The Hall–Kier alpha value is -1.55. The number of hydrogen-bond donors (Lipinski definition) is 2. The average molecular weight is 324 g/mol. The molecule has 0 aromatic heterocycles. The summed E-state index contributed by atoms with van der Waals surface area (Å²) in [7, 11) is 0. The summed E-state index contributed by atoms with van der Waals surface area (Å²) in [5.74, 6) is -0.240. The molecule has 5 heteroatoms. The molecular formula is C16H15Cl2NO2. The van der Waals surface area contributed by atoms with Gasteiger partial charge in [0.15, 0.2) is 0 Å². The number of carbonyl (C=O) groups is 1. The third-order valence-electron chi connectivity index (χ3n) is 3.18. The lowest BCUT2D eigenvalue weighted by Crippen LogP contribution is -2.29. The Bertz CT molecular complexity index is 638. The molecule has 0 aliphatic heterocycles. The van der Waals surface area contributed by atoms with Gasteiger partial charge in [0.05, 0.1) is 6.10 Å². The highest BCUT2D eigenvalue weighted by Gasteiger charge is 2.17. The lowest BCUT2D eigenvalue weighted by Gasteiger charge is -2.15. The van der Waals surface area contributed by atoms with E-state index in [4.69, 9.17) is 23.2 Å². The van der Waals surface area contributed by atoms with Crippen LogP contribution in [0.3, 0.4) is 0 Å². The van der Waals surface area contributed by atoms with Gasteiger partial charge < -0.3 is 10.4 Å². The van der Waals surface area contributed by atoms with Crippen molar-refractivity contribution >= 4 is 29.1 Å². The Kier molecular flexibility index (Phi) is 5.23. The minimum atomic E-state index is -0.959. The van der Waals surface area contributed by atoms with Crippen molar-refractivity contribution in [1.82, 2.24) is 5.32 Å². The fourth-order valence-electron chi connectivity index (χ4n) is 2.04. The van der Waals surface area contributed by atoms with Crippen molar-refractivity contribution in [3.05, 3.63) is 69.2 Å². The predicted molar refractivity (Wildman–Crippen MR) is 84.9 cm³/mol. The maximum absolute atomic E-state index is 12.1. The predicted octanol–water partition coefficient (Wildman–Crippen LogP) is 3.77. The molecule has 0 saturated carbocycles. The number of aliphatic hydroxyl groups excluding tert-OH is 1. The molecule has 0 aliphatic rings. The van der Waals surface area contributed by atoms with E-state index in [-0.39, 0.29) is 12.5 Å². The number of nitrogens with one attached hydrogen (secondary N) is 1. The maximum atomic E-state index is 12.1. The number of aryl methyl sites for hydroxylation is 1. The zero-order valence-corrected chi connectivity index (χ0v) is 12.9. The third kappa shape index (κ3) is 3.76. The number of hydrogen-bond acceptors (Lipinski definition) is 2. The summed E-state index contributed by atoms with van der Waals surface area (Å²) >= 11 is 12.0. The minimum absolute atomic E-state index is 0.0383. The van der Waals surface area contributed by atoms with Gasteiger partial charge in [0, 0.05) is 27.7 Å². The molecular weight excluding hydrogens is 309 g/mol. The van der Waals surface area contributed by atoms with E-state index in [2.05, 4.69) is 5.32 Å². The van der Waals surface area contributed by atoms with Gasteiger partial charge >= 0.3 is 0 Å². The van der Waals surface area contributed by atoms with Gasteiger partial charge in [0.1, 0.15) is 0 Å². The van der Waals surface area contributed by atoms with E-state index >= 15 is 0 Å². The molecule has 0 spiro atoms. The lowest BCUT2D eigenvalue weighted by atomic mass is 10.1. The van der Waals surface area contributed by atoms with Crippen LogP contribution in [0.15, 0.2) is 42.5 Å². The Morgan fingerprint density at radius 1 is 1.14 bits per heavy atom. The molecule has 0 aliphatic carbocycles. The van der Waals surface area contributed by atoms with Crippen LogP contribution < -0.4 is 5.32 Å². The number of amides is 1. The Labute approximate surface area is 133 Å². The van der Waals surface area contributed by atoms with E-state index in [1.165, 1.54) is 0 Å². The summed E-state index contributed by atoms with van der Waals surface area (Å²) < 4.78 is 0. The first-order valence-electron chi connectivity index (χ1n) is 6.46. The second-order valence-corrected chi connectivity index (χ2v) is 5.49. The number of rotatable bonds is 4. The summed E-state index contributed by atoms with van der Waals surface area (Å²) in [4.78, 5) is 12.1. The first-order valence-corrected chi connectivity index (χ1v) is 7.22. The highest BCUT2D eigenvalue weighted by molar-refractivity contribution is 6.36. The molecule has 1 atom stereocenters. The molecule has 2 aromatic rings. The van der Waals surface area contributed by atoms with Crippen LogP contribution in [0.4, 0.5) is 0 Å². The van der Waals surface area contributed by atoms with Crippen molar-refractivity contribution in [3.8, 4) is 0 Å². The second-order valence-electron chi connectivity index (χ2n) is 4.68. The highest BCUT2D eigenvalue weighted by atomic mass is 35.5. The number of aliphatic hydroxyl groups is 1. The molecule has 0 saturated heterocycles. The largest absolute Gasteiger partial charge is 0.386 e. The third-order valence-corrected chi connectivity index (χ3v) is 3.84. The van der Waals surface area contributed by atoms with E-state index in [0.717, 1.165) is 5.56 Å². The van der Waals surface area contributed by atoms with Crippen LogP contribution in [-0.4, -0.2) is 17.6 Å². The quantitative estimate of drug-likeness (QED) is 0.899. The summed E-state index contributed by atoms with van der Waals surface area (Å²) in [5.41, 5.74) is 1.88. The Morgan fingerprint density at radius 3 is 2.38 bits per heavy atom. The molecule has 1 unspecified atom stereocenters. The smallest absolute Gasteiger partial charge is 0.251 e. The normalized spacial score (nSPS) is 12.0. The van der Waals surface area contributed by atoms with E-state index in [9.17, 15) is 9.90 Å². The topological polar surface area (TPSA) is 49.3 Å². The van der Waals surface area contributed by atoms with Gasteiger partial charge in [0.25, 0.3) is 5.91 Å². The van der Waals surface area contributed by atoms with Crippen molar-refractivity contribution in [2.45, 2.75) is 13.0 Å². The minimum Gasteiger partial charge on any atom is -0.386 e. The summed E-state index contributed by atoms with van der Waals surface area (Å²) in [5, 5.41) is 13.6. The fourth-order valence-corrected chi connectivity index (χ4v) is 2.69. The summed E-state index contributed by atoms with van der Waals surface area (Å²) in [6.45, 7) is 1.90. The van der Waals surface area contributed by atoms with Crippen LogP contribution in [0.2, 0.25) is 10.0 Å². The van der Waals surface area contributed by atoms with Crippen molar-refractivity contribution in [1.29, 1.82) is 0 Å². The summed E-state index contributed by atoms with van der Waals surface area (Å²) in [6, 6.07) is 12.3. The Morgan fingerprint density at radius 2 is 1.76 bits per heavy atom. The van der Waals surface area contributed by atoms with Crippen molar-refractivity contribution < 1.29 is 9.90 Å². The number of halogens is 2. The van der Waals surface area contributed by atoms with Crippen LogP contribution in [0.25, 0.3) is 0 Å². The fraction of sp³-hybridized carbons (Fsp3) is 0.188. The van der Waals surface area contributed by atoms with E-state index in [1.54, 1.807) is 30.3 Å². The van der Waals surface area contributed by atoms with Gasteiger partial charge in [-0.2, -0.15) is 0 Å². The van der Waals surface area contributed by atoms with E-state index in [0.29, 0.717) is 21.2 Å². The van der Waals surface area contributed by atoms with Gasteiger partial charge in [-0.05, 0) is 30.7 Å². The van der Waals surface area contributed by atoms with Gasteiger partial charge in [-0.25, -0.2) is 0 Å². The number of carbonyl (C=O) groups excluding carboxylic acids is 1. The molecule has 0 heterocycles. The molecule has 2 N–H and O–H groups in total. The first kappa shape index (κ1) is 15.8. The molecule has 21 heavy (non-hydrogen) atoms. The van der Waals surface area contributed by atoms with Crippen molar-refractivity contribution in [3.63, 3.8) is 0 Å². The van der Waals surface area contributed by atoms with Crippen LogP contribution in [0.5, 0.6) is 0 Å². The van der Waals surface area contributed by atoms with Crippen molar-refractivity contribution in [2.75, 3.05) is 6.54 Å². The number of benzene rings is 2. The van der Waals surface area contributed by atoms with Gasteiger partial charge in [-0.3, -0.25) is 4.79 Å². The molecule has 0 fully saturated rings. The molecule has 1 amide bonds. The molecule has 2 rings (SSSR count). The van der Waals surface area contributed by atoms with Crippen LogP contribution in [-0.2, 0) is 0 Å². The maximum Gasteiger partial charge on any atom is 0.251 e. The van der Waals surface area contributed by atoms with Crippen LogP contribution in [0.1, 0.15) is 27.6 Å². The molecule has 3 nitrogen and oxygen atoms in total. The second kappa shape index (κ2) is 6.94. The standard InChI is InChI=1S/C16H15Cl2NO2/c1-10-5-2-3-6-11(10)16(21)19-9-14(20)15-12(17)7-4-8-13(15)18/h2-8,14,20H,9H2,1H3,(H,19,21). The molecule has 0 radical (unpaired) electrons. The van der Waals surface area contributed by atoms with E-state index in [1.807, 2.05) is 19.1 Å². The zero-order valence-electron chi connectivity index (χ0n) is 11.4. The van der Waals surface area contributed by atoms with Gasteiger partial charge in [0.2, 0.25) is 0 Å².